The molecule has 3 aromatic rings. The summed E-state index contributed by atoms with van der Waals surface area (Å²) in [7, 11) is 0. The first-order valence-corrected chi connectivity index (χ1v) is 14.2. The van der Waals surface area contributed by atoms with Gasteiger partial charge in [0.2, 0.25) is 11.8 Å². The molecule has 1 fully saturated rings. The first-order chi connectivity index (χ1) is 18.4. The maximum atomic E-state index is 13.8. The number of amides is 2. The van der Waals surface area contributed by atoms with Gasteiger partial charge in [0.15, 0.2) is 0 Å². The predicted octanol–water partition coefficient (Wildman–Crippen LogP) is 3.62. The number of rotatable bonds is 8. The van der Waals surface area contributed by atoms with Gasteiger partial charge in [-0.1, -0.05) is 58.9 Å². The van der Waals surface area contributed by atoms with Crippen molar-refractivity contribution in [3.63, 3.8) is 0 Å². The van der Waals surface area contributed by atoms with E-state index in [1.807, 2.05) is 51.2 Å². The van der Waals surface area contributed by atoms with Gasteiger partial charge in [-0.3, -0.25) is 14.3 Å². The molecular weight excluding hydrogens is 514 g/mol. The molecule has 0 bridgehead atoms. The SMILES string of the molecule is Cc1ncsc1-c1ccc(C(CO)NC(=O)C2CC(O)CN2C(=O)C(C(C)C)n2cc(C(C)(C)C)cn2)cc1. The summed E-state index contributed by atoms with van der Waals surface area (Å²) in [4.78, 5) is 34.1. The van der Waals surface area contributed by atoms with Crippen molar-refractivity contribution in [3.8, 4) is 10.4 Å². The molecule has 0 aliphatic carbocycles. The number of benzene rings is 1. The maximum absolute atomic E-state index is 13.8. The Bertz CT molecular complexity index is 1290. The molecule has 2 amide bonds. The molecule has 0 radical (unpaired) electrons. The number of carbonyl (C=O) groups is 2. The Morgan fingerprint density at radius 2 is 1.90 bits per heavy atom. The quantitative estimate of drug-likeness (QED) is 0.392. The van der Waals surface area contributed by atoms with Gasteiger partial charge in [-0.25, -0.2) is 4.98 Å². The van der Waals surface area contributed by atoms with Crippen LogP contribution in [0.15, 0.2) is 42.2 Å². The van der Waals surface area contributed by atoms with E-state index in [4.69, 9.17) is 0 Å². The van der Waals surface area contributed by atoms with E-state index in [0.717, 1.165) is 27.3 Å². The van der Waals surface area contributed by atoms with Crippen molar-refractivity contribution in [2.45, 2.75) is 77.6 Å². The van der Waals surface area contributed by atoms with Crippen LogP contribution in [-0.2, 0) is 15.0 Å². The largest absolute Gasteiger partial charge is 0.394 e. The minimum Gasteiger partial charge on any atom is -0.394 e. The first kappa shape index (κ1) is 28.9. The Hall–Kier alpha value is -3.08. The highest BCUT2D eigenvalue weighted by atomic mass is 32.1. The second-order valence-electron chi connectivity index (χ2n) is 11.7. The normalized spacial score (nSPS) is 19.4. The van der Waals surface area contributed by atoms with Crippen LogP contribution in [0.2, 0.25) is 0 Å². The summed E-state index contributed by atoms with van der Waals surface area (Å²) < 4.78 is 1.68. The Morgan fingerprint density at radius 1 is 1.21 bits per heavy atom. The van der Waals surface area contributed by atoms with Crippen molar-refractivity contribution in [1.82, 2.24) is 25.0 Å². The molecule has 9 nitrogen and oxygen atoms in total. The van der Waals surface area contributed by atoms with Crippen molar-refractivity contribution in [2.24, 2.45) is 5.92 Å². The van der Waals surface area contributed by atoms with Crippen LogP contribution < -0.4 is 5.32 Å². The molecule has 1 aliphatic heterocycles. The van der Waals surface area contributed by atoms with Gasteiger partial charge in [0.1, 0.15) is 12.1 Å². The monoisotopic (exact) mass is 553 g/mol. The van der Waals surface area contributed by atoms with Crippen molar-refractivity contribution < 1.29 is 19.8 Å². The molecule has 4 atom stereocenters. The number of nitrogens with one attached hydrogen (secondary N) is 1. The third-order valence-corrected chi connectivity index (χ3v) is 8.30. The highest BCUT2D eigenvalue weighted by Gasteiger charge is 2.43. The molecule has 1 aliphatic rings. The maximum Gasteiger partial charge on any atom is 0.248 e. The summed E-state index contributed by atoms with van der Waals surface area (Å²) in [5, 5.41) is 28.0. The molecule has 4 unspecified atom stereocenters. The van der Waals surface area contributed by atoms with Gasteiger partial charge in [-0.2, -0.15) is 5.10 Å². The number of carbonyl (C=O) groups excluding carboxylic acids is 2. The number of aliphatic hydroxyl groups is 2. The summed E-state index contributed by atoms with van der Waals surface area (Å²) in [6.07, 6.45) is 2.99. The van der Waals surface area contributed by atoms with E-state index < -0.39 is 30.1 Å². The second kappa shape index (κ2) is 11.6. The lowest BCUT2D eigenvalue weighted by Crippen LogP contribution is -2.50. The third-order valence-electron chi connectivity index (χ3n) is 7.32. The lowest BCUT2D eigenvalue weighted by atomic mass is 9.90. The smallest absolute Gasteiger partial charge is 0.248 e. The first-order valence-electron chi connectivity index (χ1n) is 13.4. The Morgan fingerprint density at radius 3 is 2.44 bits per heavy atom. The highest BCUT2D eigenvalue weighted by molar-refractivity contribution is 7.13. The third kappa shape index (κ3) is 6.23. The second-order valence-corrected chi connectivity index (χ2v) is 12.5. The van der Waals surface area contributed by atoms with E-state index in [2.05, 4.69) is 36.2 Å². The van der Waals surface area contributed by atoms with E-state index >= 15 is 0 Å². The average Bonchev–Trinajstić information content (AvgIpc) is 3.62. The van der Waals surface area contributed by atoms with Gasteiger partial charge in [0.05, 0.1) is 41.0 Å². The van der Waals surface area contributed by atoms with Gasteiger partial charge in [0, 0.05) is 19.2 Å². The Kier molecular flexibility index (Phi) is 8.58. The molecule has 2 aromatic heterocycles. The number of hydrogen-bond acceptors (Lipinski definition) is 7. The zero-order valence-electron chi connectivity index (χ0n) is 23.5. The lowest BCUT2D eigenvalue weighted by molar-refractivity contribution is -0.142. The van der Waals surface area contributed by atoms with E-state index in [1.165, 1.54) is 4.90 Å². The molecule has 10 heteroatoms. The molecule has 3 N–H and O–H groups in total. The number of aliphatic hydroxyl groups excluding tert-OH is 2. The standard InChI is InChI=1S/C29H39N5O4S/c1-17(2)25(34-13-21(12-31-34)29(4,5)6)28(38)33-14-22(36)11-24(33)27(37)32-23(15-35)19-7-9-20(10-8-19)26-18(3)30-16-39-26/h7-10,12-13,16-17,22-25,35-36H,11,14-15H2,1-6H3,(H,32,37). The Labute approximate surface area is 233 Å². The van der Waals surface area contributed by atoms with Gasteiger partial charge in [0.25, 0.3) is 0 Å². The zero-order chi connectivity index (χ0) is 28.5. The van der Waals surface area contributed by atoms with E-state index in [1.54, 1.807) is 27.7 Å². The van der Waals surface area contributed by atoms with E-state index in [-0.39, 0.29) is 36.8 Å². The Balaban J connectivity index is 1.51. The molecule has 0 saturated carbocycles. The summed E-state index contributed by atoms with van der Waals surface area (Å²) in [5.74, 6) is -0.743. The number of likely N-dealkylation sites (tertiary alicyclic amines) is 1. The van der Waals surface area contributed by atoms with Crippen molar-refractivity contribution in [3.05, 3.63) is 59.0 Å². The van der Waals surface area contributed by atoms with Crippen LogP contribution in [0.25, 0.3) is 10.4 Å². The van der Waals surface area contributed by atoms with Crippen LogP contribution in [0.1, 0.15) is 69.9 Å². The summed E-state index contributed by atoms with van der Waals surface area (Å²) in [5.41, 5.74) is 5.42. The fourth-order valence-electron chi connectivity index (χ4n) is 5.01. The van der Waals surface area contributed by atoms with Crippen LogP contribution >= 0.6 is 11.3 Å². The van der Waals surface area contributed by atoms with Gasteiger partial charge in [-0.05, 0) is 34.9 Å². The highest BCUT2D eigenvalue weighted by Crippen LogP contribution is 2.30. The van der Waals surface area contributed by atoms with Crippen LogP contribution in [0.3, 0.4) is 0 Å². The molecule has 0 spiro atoms. The molecule has 39 heavy (non-hydrogen) atoms. The van der Waals surface area contributed by atoms with Crippen LogP contribution in [-0.4, -0.2) is 67.0 Å². The minimum absolute atomic E-state index is 0.0697. The fourth-order valence-corrected chi connectivity index (χ4v) is 5.82. The molecule has 4 rings (SSSR count). The number of thiazole rings is 1. The van der Waals surface area contributed by atoms with Crippen molar-refractivity contribution in [1.29, 1.82) is 0 Å². The lowest BCUT2D eigenvalue weighted by Gasteiger charge is -2.31. The van der Waals surface area contributed by atoms with Gasteiger partial charge < -0.3 is 20.4 Å². The molecule has 3 heterocycles. The predicted molar refractivity (Wildman–Crippen MR) is 151 cm³/mol. The zero-order valence-corrected chi connectivity index (χ0v) is 24.3. The number of hydrogen-bond donors (Lipinski definition) is 3. The van der Waals surface area contributed by atoms with Crippen LogP contribution in [0, 0.1) is 12.8 Å². The van der Waals surface area contributed by atoms with Crippen molar-refractivity contribution >= 4 is 23.2 Å². The molecule has 1 saturated heterocycles. The average molecular weight is 554 g/mol. The van der Waals surface area contributed by atoms with E-state index in [0.29, 0.717) is 0 Å². The van der Waals surface area contributed by atoms with Crippen LogP contribution in [0.5, 0.6) is 0 Å². The summed E-state index contributed by atoms with van der Waals surface area (Å²) in [6.45, 7) is 11.9. The number of nitrogens with zero attached hydrogens (tertiary/aromatic N) is 4. The topological polar surface area (TPSA) is 121 Å². The summed E-state index contributed by atoms with van der Waals surface area (Å²) >= 11 is 1.56. The van der Waals surface area contributed by atoms with Gasteiger partial charge >= 0.3 is 0 Å². The molecule has 210 valence electrons. The fraction of sp³-hybridized carbons (Fsp3) is 0.517. The number of aryl methyl sites for hydroxylation is 1. The number of aromatic nitrogens is 3. The molecular formula is C29H39N5O4S. The van der Waals surface area contributed by atoms with E-state index in [9.17, 15) is 19.8 Å². The van der Waals surface area contributed by atoms with Crippen molar-refractivity contribution in [2.75, 3.05) is 13.2 Å². The number of β-amino-alcohol motifs (C(OH)–C–C–N with tert-alkyl or cyclic N) is 1. The summed E-state index contributed by atoms with van der Waals surface area (Å²) in [6, 6.07) is 5.54. The van der Waals surface area contributed by atoms with Crippen LogP contribution in [0.4, 0.5) is 0 Å². The van der Waals surface area contributed by atoms with Gasteiger partial charge in [-0.15, -0.1) is 11.3 Å². The molecule has 1 aromatic carbocycles. The minimum atomic E-state index is -0.848.